The Labute approximate surface area is 133 Å². The lowest BCUT2D eigenvalue weighted by atomic mass is 10.1. The van der Waals surface area contributed by atoms with Gasteiger partial charge in [0.25, 0.3) is 0 Å². The van der Waals surface area contributed by atoms with Gasteiger partial charge in [0.15, 0.2) is 5.12 Å². The first-order valence-electron chi connectivity index (χ1n) is 8.03. The normalized spacial score (nSPS) is 30.2. The number of nitrogens with zero attached hydrogens (tertiary/aromatic N) is 1. The van der Waals surface area contributed by atoms with Crippen LogP contribution in [0, 0.1) is 5.92 Å². The van der Waals surface area contributed by atoms with Crippen LogP contribution in [0.4, 0.5) is 0 Å². The van der Waals surface area contributed by atoms with Gasteiger partial charge in [-0.2, -0.15) is 11.8 Å². The van der Waals surface area contributed by atoms with Crippen LogP contribution in [0.3, 0.4) is 0 Å². The number of carbonyl (C=O) groups excluding carboxylic acids is 1. The molecule has 118 valence electrons. The third-order valence-corrected chi connectivity index (χ3v) is 6.33. The van der Waals surface area contributed by atoms with E-state index in [9.17, 15) is 4.79 Å². The highest BCUT2D eigenvalue weighted by Crippen LogP contribution is 2.24. The molecule has 20 heavy (non-hydrogen) atoms. The van der Waals surface area contributed by atoms with Gasteiger partial charge in [-0.05, 0) is 57.5 Å². The summed E-state index contributed by atoms with van der Waals surface area (Å²) < 4.78 is 0. The molecule has 3 heterocycles. The third kappa shape index (κ3) is 9.30. The molecule has 3 aliphatic rings. The van der Waals surface area contributed by atoms with Crippen LogP contribution in [-0.2, 0) is 4.79 Å². The Bertz CT molecular complexity index is 261. The summed E-state index contributed by atoms with van der Waals surface area (Å²) in [5, 5.41) is 1.33. The fourth-order valence-electron chi connectivity index (χ4n) is 2.43. The summed E-state index contributed by atoms with van der Waals surface area (Å²) in [4.78, 5) is 12.8. The van der Waals surface area contributed by atoms with Gasteiger partial charge in [-0.15, -0.1) is 0 Å². The number of rotatable bonds is 0. The molecule has 0 aromatic rings. The maximum Gasteiger partial charge on any atom is 0.189 e. The second kappa shape index (κ2) is 11.0. The van der Waals surface area contributed by atoms with E-state index in [1.54, 1.807) is 0 Å². The largest absolute Gasteiger partial charge is 0.306 e. The summed E-state index contributed by atoms with van der Waals surface area (Å²) in [5.74, 6) is 3.08. The maximum atomic E-state index is 10.4. The van der Waals surface area contributed by atoms with Crippen LogP contribution in [0.15, 0.2) is 0 Å². The van der Waals surface area contributed by atoms with Crippen LogP contribution in [-0.4, -0.2) is 46.9 Å². The molecule has 2 nitrogen and oxygen atoms in total. The standard InChI is InChI=1S/C6H13N.C5H8OS.C5H10S/c1-7-5-3-2-4-6-7;1-4-2-5(6)7-3-4;1-5-3-2-4-6-5/h2-6H2,1H3;4H,2-3H2,1H3;5H,2-4H2,1H3. The maximum absolute atomic E-state index is 10.4. The molecule has 0 bridgehead atoms. The number of piperidine rings is 1. The fourth-order valence-corrected chi connectivity index (χ4v) is 4.49. The summed E-state index contributed by atoms with van der Waals surface area (Å²) in [6, 6.07) is 0. The van der Waals surface area contributed by atoms with E-state index in [-0.39, 0.29) is 0 Å². The minimum absolute atomic E-state index is 0.368. The zero-order valence-corrected chi connectivity index (χ0v) is 15.0. The summed E-state index contributed by atoms with van der Waals surface area (Å²) >= 11 is 3.56. The summed E-state index contributed by atoms with van der Waals surface area (Å²) in [7, 11) is 2.19. The SMILES string of the molecule is CC1CCCS1.CC1CSC(=O)C1.CN1CCCCC1. The molecule has 0 saturated carbocycles. The number of thioether (sulfide) groups is 2. The molecule has 0 radical (unpaired) electrons. The van der Waals surface area contributed by atoms with Crippen molar-refractivity contribution in [2.75, 3.05) is 31.6 Å². The molecule has 0 amide bonds. The zero-order valence-electron chi connectivity index (χ0n) is 13.4. The average Bonchev–Trinajstić information content (AvgIpc) is 3.03. The summed E-state index contributed by atoms with van der Waals surface area (Å²) in [5.41, 5.74) is 0. The van der Waals surface area contributed by atoms with Gasteiger partial charge in [0.1, 0.15) is 0 Å². The monoisotopic (exact) mass is 317 g/mol. The molecule has 3 saturated heterocycles. The summed E-state index contributed by atoms with van der Waals surface area (Å²) in [6.45, 7) is 7.05. The minimum Gasteiger partial charge on any atom is -0.306 e. The molecule has 3 rings (SSSR count). The highest BCUT2D eigenvalue weighted by atomic mass is 32.2. The van der Waals surface area contributed by atoms with E-state index in [1.807, 2.05) is 0 Å². The van der Waals surface area contributed by atoms with E-state index >= 15 is 0 Å². The van der Waals surface area contributed by atoms with Gasteiger partial charge in [-0.1, -0.05) is 32.0 Å². The van der Waals surface area contributed by atoms with E-state index in [0.717, 1.165) is 17.4 Å². The molecule has 0 aromatic carbocycles. The first kappa shape index (κ1) is 18.4. The predicted octanol–water partition coefficient (Wildman–Crippen LogP) is 4.29. The Kier molecular flexibility index (Phi) is 10.1. The van der Waals surface area contributed by atoms with Crippen molar-refractivity contribution < 1.29 is 4.79 Å². The minimum atomic E-state index is 0.368. The topological polar surface area (TPSA) is 20.3 Å². The molecule has 2 unspecified atom stereocenters. The van der Waals surface area contributed by atoms with Gasteiger partial charge in [-0.3, -0.25) is 4.79 Å². The van der Waals surface area contributed by atoms with E-state index < -0.39 is 0 Å². The molecule has 0 aromatic heterocycles. The Morgan fingerprint density at radius 2 is 1.80 bits per heavy atom. The van der Waals surface area contributed by atoms with Gasteiger partial charge in [-0.25, -0.2) is 0 Å². The Hall–Kier alpha value is 0.330. The Morgan fingerprint density at radius 3 is 2.00 bits per heavy atom. The van der Waals surface area contributed by atoms with Gasteiger partial charge in [0.05, 0.1) is 0 Å². The number of hydrogen-bond donors (Lipinski definition) is 0. The van der Waals surface area contributed by atoms with Crippen molar-refractivity contribution in [1.29, 1.82) is 0 Å². The molecular formula is C16H31NOS2. The highest BCUT2D eigenvalue weighted by molar-refractivity contribution is 8.14. The molecule has 0 N–H and O–H groups in total. The molecule has 3 fully saturated rings. The summed E-state index contributed by atoms with van der Waals surface area (Å²) in [6.07, 6.45) is 7.97. The third-order valence-electron chi connectivity index (χ3n) is 3.78. The van der Waals surface area contributed by atoms with Crippen LogP contribution >= 0.6 is 23.5 Å². The molecule has 3 aliphatic heterocycles. The quantitative estimate of drug-likeness (QED) is 0.664. The van der Waals surface area contributed by atoms with Crippen molar-refractivity contribution in [2.24, 2.45) is 5.92 Å². The van der Waals surface area contributed by atoms with Gasteiger partial charge >= 0.3 is 0 Å². The highest BCUT2D eigenvalue weighted by Gasteiger charge is 2.17. The van der Waals surface area contributed by atoms with Crippen molar-refractivity contribution in [2.45, 2.75) is 57.6 Å². The fraction of sp³-hybridized carbons (Fsp3) is 0.938. The van der Waals surface area contributed by atoms with Crippen molar-refractivity contribution in [3.63, 3.8) is 0 Å². The van der Waals surface area contributed by atoms with Crippen molar-refractivity contribution in [3.05, 3.63) is 0 Å². The first-order chi connectivity index (χ1) is 9.58. The second-order valence-corrected chi connectivity index (χ2v) is 8.80. The van der Waals surface area contributed by atoms with Crippen molar-refractivity contribution in [3.8, 4) is 0 Å². The number of likely N-dealkylation sites (tertiary alicyclic amines) is 1. The molecule has 0 aliphatic carbocycles. The van der Waals surface area contributed by atoms with Crippen LogP contribution in [0.5, 0.6) is 0 Å². The predicted molar refractivity (Wildman–Crippen MR) is 93.7 cm³/mol. The number of hydrogen-bond acceptors (Lipinski definition) is 4. The Balaban J connectivity index is 0.000000151. The van der Waals surface area contributed by atoms with Crippen molar-refractivity contribution >= 4 is 28.6 Å². The second-order valence-electron chi connectivity index (χ2n) is 6.18. The molecule has 4 heteroatoms. The zero-order chi connectivity index (χ0) is 14.8. The van der Waals surface area contributed by atoms with Crippen LogP contribution in [0.25, 0.3) is 0 Å². The van der Waals surface area contributed by atoms with E-state index in [4.69, 9.17) is 0 Å². The van der Waals surface area contributed by atoms with Gasteiger partial charge in [0.2, 0.25) is 0 Å². The number of carbonyl (C=O) groups is 1. The lowest BCUT2D eigenvalue weighted by molar-refractivity contribution is -0.110. The first-order valence-corrected chi connectivity index (χ1v) is 10.1. The molecule has 0 spiro atoms. The Morgan fingerprint density at radius 1 is 1.10 bits per heavy atom. The van der Waals surface area contributed by atoms with Gasteiger partial charge in [0, 0.05) is 17.4 Å². The van der Waals surface area contributed by atoms with Crippen molar-refractivity contribution in [1.82, 2.24) is 4.90 Å². The molecular weight excluding hydrogens is 286 g/mol. The van der Waals surface area contributed by atoms with E-state index in [2.05, 4.69) is 37.6 Å². The van der Waals surface area contributed by atoms with E-state index in [1.165, 1.54) is 62.7 Å². The van der Waals surface area contributed by atoms with Crippen LogP contribution in [0.1, 0.15) is 52.4 Å². The smallest absolute Gasteiger partial charge is 0.189 e. The lowest BCUT2D eigenvalue weighted by Crippen LogP contribution is -2.24. The molecule has 2 atom stereocenters. The van der Waals surface area contributed by atoms with Crippen LogP contribution < -0.4 is 0 Å². The van der Waals surface area contributed by atoms with E-state index in [0.29, 0.717) is 11.0 Å². The van der Waals surface area contributed by atoms with Crippen LogP contribution in [0.2, 0.25) is 0 Å². The van der Waals surface area contributed by atoms with Gasteiger partial charge < -0.3 is 4.90 Å². The average molecular weight is 318 g/mol. The lowest BCUT2D eigenvalue weighted by Gasteiger charge is -2.20.